The van der Waals surface area contributed by atoms with E-state index in [1.807, 2.05) is 0 Å². The Morgan fingerprint density at radius 1 is 1.47 bits per heavy atom. The predicted molar refractivity (Wildman–Crippen MR) is 73.9 cm³/mol. The molecule has 0 aromatic heterocycles. The molecule has 1 N–H and O–H groups in total. The Labute approximate surface area is 115 Å². The van der Waals surface area contributed by atoms with Crippen LogP contribution in [-0.2, 0) is 14.6 Å². The van der Waals surface area contributed by atoms with Gasteiger partial charge in [0.15, 0.2) is 0 Å². The first kappa shape index (κ1) is 15.2. The van der Waals surface area contributed by atoms with E-state index in [1.54, 1.807) is 6.92 Å². The maximum atomic E-state index is 11.4. The molecule has 0 radical (unpaired) electrons. The van der Waals surface area contributed by atoms with Gasteiger partial charge in [-0.25, -0.2) is 8.42 Å². The lowest BCUT2D eigenvalue weighted by Gasteiger charge is -2.37. The molecule has 0 aromatic rings. The van der Waals surface area contributed by atoms with Crippen LogP contribution in [0, 0.1) is 0 Å². The summed E-state index contributed by atoms with van der Waals surface area (Å²) in [4.78, 5) is 2.39. The molecule has 112 valence electrons. The van der Waals surface area contributed by atoms with Gasteiger partial charge in [-0.15, -0.1) is 0 Å². The second kappa shape index (κ2) is 6.52. The highest BCUT2D eigenvalue weighted by molar-refractivity contribution is 7.91. The third-order valence-electron chi connectivity index (χ3n) is 4.24. The lowest BCUT2D eigenvalue weighted by atomic mass is 10.1. The molecule has 0 spiro atoms. The summed E-state index contributed by atoms with van der Waals surface area (Å²) in [6, 6.07) is 0.531. The van der Waals surface area contributed by atoms with Crippen molar-refractivity contribution in [1.82, 2.24) is 4.90 Å². The maximum Gasteiger partial charge on any atom is 0.150 e. The minimum absolute atomic E-state index is 0.154. The molecule has 2 saturated heterocycles. The van der Waals surface area contributed by atoms with Crippen LogP contribution in [0.1, 0.15) is 32.6 Å². The smallest absolute Gasteiger partial charge is 0.150 e. The summed E-state index contributed by atoms with van der Waals surface area (Å²) in [5.74, 6) is 0.345. The van der Waals surface area contributed by atoms with Crippen molar-refractivity contribution in [2.45, 2.75) is 50.9 Å². The Balaban J connectivity index is 1.73. The molecule has 0 saturated carbocycles. The Morgan fingerprint density at radius 3 is 3.00 bits per heavy atom. The number of aliphatic hydroxyl groups is 1. The summed E-state index contributed by atoms with van der Waals surface area (Å²) < 4.78 is 28.5. The van der Waals surface area contributed by atoms with E-state index in [1.165, 1.54) is 12.8 Å². The van der Waals surface area contributed by atoms with E-state index in [0.29, 0.717) is 25.5 Å². The number of nitrogens with zero attached hydrogens (tertiary/aromatic N) is 1. The highest BCUT2D eigenvalue weighted by atomic mass is 32.2. The molecule has 3 atom stereocenters. The second-order valence-corrected chi connectivity index (χ2v) is 8.08. The largest absolute Gasteiger partial charge is 0.390 e. The van der Waals surface area contributed by atoms with Crippen LogP contribution in [0.25, 0.3) is 0 Å². The zero-order chi connectivity index (χ0) is 13.9. The number of rotatable bonds is 6. The number of morpholine rings is 1. The number of aliphatic hydroxyl groups excluding tert-OH is 1. The van der Waals surface area contributed by atoms with Gasteiger partial charge in [0.25, 0.3) is 0 Å². The fourth-order valence-electron chi connectivity index (χ4n) is 2.92. The third kappa shape index (κ3) is 4.15. The van der Waals surface area contributed by atoms with E-state index >= 15 is 0 Å². The molecule has 2 rings (SSSR count). The molecule has 19 heavy (non-hydrogen) atoms. The van der Waals surface area contributed by atoms with E-state index in [-0.39, 0.29) is 17.6 Å². The summed E-state index contributed by atoms with van der Waals surface area (Å²) in [6.07, 6.45) is 2.72. The number of fused-ring (bicyclic) bond motifs is 1. The molecule has 3 unspecified atom stereocenters. The van der Waals surface area contributed by atoms with Gasteiger partial charge < -0.3 is 9.84 Å². The van der Waals surface area contributed by atoms with E-state index < -0.39 is 15.9 Å². The molecule has 2 aliphatic heterocycles. The first-order chi connectivity index (χ1) is 9.02. The van der Waals surface area contributed by atoms with Crippen LogP contribution in [0.5, 0.6) is 0 Å². The van der Waals surface area contributed by atoms with Gasteiger partial charge >= 0.3 is 0 Å². The van der Waals surface area contributed by atoms with Crippen LogP contribution in [-0.4, -0.2) is 67.9 Å². The first-order valence-corrected chi connectivity index (χ1v) is 9.08. The lowest BCUT2D eigenvalue weighted by Crippen LogP contribution is -2.50. The van der Waals surface area contributed by atoms with Crippen molar-refractivity contribution < 1.29 is 18.3 Å². The van der Waals surface area contributed by atoms with Crippen LogP contribution < -0.4 is 0 Å². The molecule has 0 bridgehead atoms. The molecule has 2 fully saturated rings. The summed E-state index contributed by atoms with van der Waals surface area (Å²) in [6.45, 7) is 4.24. The number of ether oxygens (including phenoxy) is 1. The Bertz CT molecular complexity index is 384. The first-order valence-electron chi connectivity index (χ1n) is 7.26. The highest BCUT2D eigenvalue weighted by Crippen LogP contribution is 2.24. The minimum atomic E-state index is -2.92. The monoisotopic (exact) mass is 291 g/mol. The Kier molecular flexibility index (Phi) is 5.22. The molecule has 0 aliphatic carbocycles. The average molecular weight is 291 g/mol. The van der Waals surface area contributed by atoms with E-state index in [0.717, 1.165) is 13.1 Å². The van der Waals surface area contributed by atoms with Gasteiger partial charge in [-0.3, -0.25) is 4.90 Å². The van der Waals surface area contributed by atoms with E-state index in [9.17, 15) is 13.5 Å². The van der Waals surface area contributed by atoms with Crippen molar-refractivity contribution in [3.05, 3.63) is 0 Å². The molecular formula is C13H25NO4S. The summed E-state index contributed by atoms with van der Waals surface area (Å²) in [5, 5.41) is 10.1. The van der Waals surface area contributed by atoms with Crippen molar-refractivity contribution in [3.8, 4) is 0 Å². The quantitative estimate of drug-likeness (QED) is 0.768. The van der Waals surface area contributed by atoms with Crippen LogP contribution >= 0.6 is 0 Å². The van der Waals surface area contributed by atoms with E-state index in [4.69, 9.17) is 4.74 Å². The molecular weight excluding hydrogens is 266 g/mol. The zero-order valence-corrected chi connectivity index (χ0v) is 12.4. The van der Waals surface area contributed by atoms with Crippen LogP contribution in [0.4, 0.5) is 0 Å². The van der Waals surface area contributed by atoms with Crippen LogP contribution in [0.15, 0.2) is 0 Å². The van der Waals surface area contributed by atoms with Crippen molar-refractivity contribution in [3.63, 3.8) is 0 Å². The van der Waals surface area contributed by atoms with Crippen molar-refractivity contribution in [1.29, 1.82) is 0 Å². The molecule has 6 heteroatoms. The van der Waals surface area contributed by atoms with Gasteiger partial charge in [0.05, 0.1) is 24.6 Å². The number of hydrogen-bond acceptors (Lipinski definition) is 5. The number of hydrogen-bond donors (Lipinski definition) is 1. The van der Waals surface area contributed by atoms with E-state index in [2.05, 4.69) is 4.90 Å². The van der Waals surface area contributed by atoms with Gasteiger partial charge in [0.2, 0.25) is 0 Å². The standard InChI is InChI=1S/C13H25NO4S/c1-2-19(16,17)8-4-6-12(15)13-9-14-7-3-5-11(14)10-18-13/h11-13,15H,2-10H2,1H3. The lowest BCUT2D eigenvalue weighted by molar-refractivity contribution is -0.103. The van der Waals surface area contributed by atoms with Gasteiger partial charge in [0.1, 0.15) is 9.84 Å². The normalized spacial score (nSPS) is 30.2. The number of sulfone groups is 1. The molecule has 5 nitrogen and oxygen atoms in total. The topological polar surface area (TPSA) is 66.8 Å². The van der Waals surface area contributed by atoms with Crippen molar-refractivity contribution in [2.75, 3.05) is 31.2 Å². The minimum Gasteiger partial charge on any atom is -0.390 e. The zero-order valence-electron chi connectivity index (χ0n) is 11.6. The van der Waals surface area contributed by atoms with Crippen LogP contribution in [0.2, 0.25) is 0 Å². The molecule has 2 heterocycles. The summed E-state index contributed by atoms with van der Waals surface area (Å²) in [5.41, 5.74) is 0. The Morgan fingerprint density at radius 2 is 2.26 bits per heavy atom. The molecule has 0 amide bonds. The average Bonchev–Trinajstić information content (AvgIpc) is 2.85. The van der Waals surface area contributed by atoms with Gasteiger partial charge in [0, 0.05) is 18.3 Å². The predicted octanol–water partition coefficient (Wildman–Crippen LogP) is 0.425. The van der Waals surface area contributed by atoms with Gasteiger partial charge in [-0.2, -0.15) is 0 Å². The molecule has 2 aliphatic rings. The Hall–Kier alpha value is -0.170. The van der Waals surface area contributed by atoms with Gasteiger partial charge in [-0.1, -0.05) is 6.92 Å². The van der Waals surface area contributed by atoms with Crippen molar-refractivity contribution >= 4 is 9.84 Å². The maximum absolute atomic E-state index is 11.4. The fraction of sp³-hybridized carbons (Fsp3) is 1.00. The highest BCUT2D eigenvalue weighted by Gasteiger charge is 2.35. The van der Waals surface area contributed by atoms with Crippen molar-refractivity contribution in [2.24, 2.45) is 0 Å². The third-order valence-corrected chi connectivity index (χ3v) is 6.03. The summed E-state index contributed by atoms with van der Waals surface area (Å²) in [7, 11) is -2.92. The fourth-order valence-corrected chi connectivity index (χ4v) is 3.81. The summed E-state index contributed by atoms with van der Waals surface area (Å²) >= 11 is 0. The molecule has 0 aromatic carbocycles. The SMILES string of the molecule is CCS(=O)(=O)CCCC(O)C1CN2CCCC2CO1. The van der Waals surface area contributed by atoms with Gasteiger partial charge in [-0.05, 0) is 32.2 Å². The van der Waals surface area contributed by atoms with Crippen LogP contribution in [0.3, 0.4) is 0 Å². The second-order valence-electron chi connectivity index (χ2n) is 5.61.